The Morgan fingerprint density at radius 1 is 1.57 bits per heavy atom. The standard InChI is InChI=1S/C13H14N4O2S2/c1-16(2)13-15-11-9(21-13)5-10(20-11)12(18)17-3-4-19-7-8(17)6-14/h5,8H,3-4,7H2,1-2H3. The van der Waals surface area contributed by atoms with Gasteiger partial charge < -0.3 is 14.5 Å². The Balaban J connectivity index is 1.87. The molecule has 2 aromatic rings. The number of anilines is 1. The van der Waals surface area contributed by atoms with E-state index < -0.39 is 6.04 Å². The third kappa shape index (κ3) is 2.60. The molecule has 6 nitrogen and oxygen atoms in total. The van der Waals surface area contributed by atoms with E-state index in [2.05, 4.69) is 11.1 Å². The van der Waals surface area contributed by atoms with Crippen LogP contribution in [0.25, 0.3) is 9.53 Å². The van der Waals surface area contributed by atoms with Crippen molar-refractivity contribution in [2.75, 3.05) is 38.8 Å². The highest BCUT2D eigenvalue weighted by molar-refractivity contribution is 7.29. The molecule has 1 fully saturated rings. The molecule has 1 amide bonds. The molecule has 0 bridgehead atoms. The van der Waals surface area contributed by atoms with E-state index in [0.29, 0.717) is 18.0 Å². The minimum absolute atomic E-state index is 0.105. The van der Waals surface area contributed by atoms with Crippen molar-refractivity contribution in [1.82, 2.24) is 9.88 Å². The molecule has 3 heterocycles. The summed E-state index contributed by atoms with van der Waals surface area (Å²) in [6.07, 6.45) is 0. The van der Waals surface area contributed by atoms with Gasteiger partial charge in [-0.3, -0.25) is 4.79 Å². The van der Waals surface area contributed by atoms with Crippen molar-refractivity contribution in [2.24, 2.45) is 0 Å². The lowest BCUT2D eigenvalue weighted by molar-refractivity contribution is 0.0135. The predicted molar refractivity (Wildman–Crippen MR) is 83.1 cm³/mol. The Hall–Kier alpha value is -1.69. The number of ether oxygens (including phenoxy) is 1. The van der Waals surface area contributed by atoms with E-state index in [1.54, 1.807) is 16.2 Å². The van der Waals surface area contributed by atoms with E-state index in [1.807, 2.05) is 25.1 Å². The van der Waals surface area contributed by atoms with E-state index in [4.69, 9.17) is 10.00 Å². The third-order valence-electron chi connectivity index (χ3n) is 3.21. The number of carbonyl (C=O) groups excluding carboxylic acids is 1. The first-order valence-corrected chi connectivity index (χ1v) is 8.09. The molecule has 0 saturated carbocycles. The predicted octanol–water partition coefficient (Wildman–Crippen LogP) is 1.79. The van der Waals surface area contributed by atoms with Crippen molar-refractivity contribution in [3.8, 4) is 6.07 Å². The quantitative estimate of drug-likeness (QED) is 0.843. The highest BCUT2D eigenvalue weighted by atomic mass is 32.1. The first-order chi connectivity index (χ1) is 10.1. The van der Waals surface area contributed by atoms with Gasteiger partial charge in [0.05, 0.1) is 28.9 Å². The highest BCUT2D eigenvalue weighted by Crippen LogP contribution is 2.34. The van der Waals surface area contributed by atoms with Gasteiger partial charge in [-0.25, -0.2) is 4.98 Å². The van der Waals surface area contributed by atoms with Crippen LogP contribution in [0, 0.1) is 11.3 Å². The lowest BCUT2D eigenvalue weighted by atomic mass is 10.2. The van der Waals surface area contributed by atoms with Gasteiger partial charge in [0.15, 0.2) is 5.13 Å². The van der Waals surface area contributed by atoms with Crippen LogP contribution in [-0.4, -0.2) is 55.7 Å². The van der Waals surface area contributed by atoms with Crippen LogP contribution < -0.4 is 4.90 Å². The summed E-state index contributed by atoms with van der Waals surface area (Å²) in [4.78, 5) is 22.1. The van der Waals surface area contributed by atoms with Crippen molar-refractivity contribution in [2.45, 2.75) is 6.04 Å². The molecule has 110 valence electrons. The lowest BCUT2D eigenvalue weighted by Gasteiger charge is -2.30. The zero-order valence-electron chi connectivity index (χ0n) is 11.7. The molecule has 0 aromatic carbocycles. The largest absolute Gasteiger partial charge is 0.376 e. The van der Waals surface area contributed by atoms with E-state index in [-0.39, 0.29) is 12.5 Å². The van der Waals surface area contributed by atoms with Crippen LogP contribution in [0.2, 0.25) is 0 Å². The lowest BCUT2D eigenvalue weighted by Crippen LogP contribution is -2.47. The molecule has 1 aliphatic heterocycles. The maximum atomic E-state index is 12.6. The van der Waals surface area contributed by atoms with E-state index >= 15 is 0 Å². The minimum Gasteiger partial charge on any atom is -0.376 e. The summed E-state index contributed by atoms with van der Waals surface area (Å²) in [5.41, 5.74) is 0. The number of aromatic nitrogens is 1. The molecule has 3 rings (SSSR count). The van der Waals surface area contributed by atoms with Crippen LogP contribution in [0.1, 0.15) is 9.67 Å². The van der Waals surface area contributed by atoms with E-state index in [0.717, 1.165) is 14.7 Å². The summed E-state index contributed by atoms with van der Waals surface area (Å²) >= 11 is 2.94. The Bertz CT molecular complexity index is 684. The molecule has 8 heteroatoms. The van der Waals surface area contributed by atoms with Gasteiger partial charge in [-0.1, -0.05) is 11.3 Å². The Kier molecular flexibility index (Phi) is 3.80. The molecule has 0 radical (unpaired) electrons. The zero-order valence-corrected chi connectivity index (χ0v) is 13.3. The normalized spacial score (nSPS) is 18.7. The summed E-state index contributed by atoms with van der Waals surface area (Å²) in [6, 6.07) is 3.49. The number of thiophene rings is 1. The Morgan fingerprint density at radius 3 is 3.05 bits per heavy atom. The number of hydrogen-bond donors (Lipinski definition) is 0. The number of thiazole rings is 1. The molecule has 2 aromatic heterocycles. The average molecular weight is 322 g/mol. The van der Waals surface area contributed by atoms with Crippen LogP contribution in [0.4, 0.5) is 5.13 Å². The number of nitrogens with zero attached hydrogens (tertiary/aromatic N) is 4. The maximum Gasteiger partial charge on any atom is 0.265 e. The molecular formula is C13H14N4O2S2. The fourth-order valence-electron chi connectivity index (χ4n) is 2.12. The number of rotatable bonds is 2. The molecule has 1 aliphatic rings. The summed E-state index contributed by atoms with van der Waals surface area (Å²) in [7, 11) is 3.89. The second-order valence-corrected chi connectivity index (χ2v) is 6.93. The van der Waals surface area contributed by atoms with Crippen molar-refractivity contribution < 1.29 is 9.53 Å². The topological polar surface area (TPSA) is 69.5 Å². The fourth-order valence-corrected chi connectivity index (χ4v) is 4.21. The van der Waals surface area contributed by atoms with Gasteiger partial charge in [0.2, 0.25) is 0 Å². The number of morpholine rings is 1. The van der Waals surface area contributed by atoms with Crippen molar-refractivity contribution in [1.29, 1.82) is 5.26 Å². The fraction of sp³-hybridized carbons (Fsp3) is 0.462. The van der Waals surface area contributed by atoms with Crippen LogP contribution >= 0.6 is 22.7 Å². The van der Waals surface area contributed by atoms with Gasteiger partial charge in [-0.2, -0.15) is 5.26 Å². The molecular weight excluding hydrogens is 308 g/mol. The number of nitriles is 1. The number of fused-ring (bicyclic) bond motifs is 1. The number of hydrogen-bond acceptors (Lipinski definition) is 7. The zero-order chi connectivity index (χ0) is 15.0. The first kappa shape index (κ1) is 14.3. The SMILES string of the molecule is CN(C)c1nc2sc(C(=O)N3CCOCC3C#N)cc2s1. The van der Waals surface area contributed by atoms with Crippen LogP contribution in [-0.2, 0) is 4.74 Å². The summed E-state index contributed by atoms with van der Waals surface area (Å²) in [6.45, 7) is 1.22. The molecule has 0 spiro atoms. The molecule has 1 atom stereocenters. The second kappa shape index (κ2) is 5.60. The van der Waals surface area contributed by atoms with Crippen LogP contribution in [0.5, 0.6) is 0 Å². The molecule has 0 N–H and O–H groups in total. The summed E-state index contributed by atoms with van der Waals surface area (Å²) in [5, 5.41) is 10.0. The Labute approximate surface area is 130 Å². The molecule has 1 unspecified atom stereocenters. The van der Waals surface area contributed by atoms with Gasteiger partial charge in [-0.05, 0) is 6.07 Å². The van der Waals surface area contributed by atoms with Crippen LogP contribution in [0.3, 0.4) is 0 Å². The minimum atomic E-state index is -0.503. The summed E-state index contributed by atoms with van der Waals surface area (Å²) < 4.78 is 6.25. The smallest absolute Gasteiger partial charge is 0.265 e. The van der Waals surface area contributed by atoms with Crippen molar-refractivity contribution in [3.05, 3.63) is 10.9 Å². The highest BCUT2D eigenvalue weighted by Gasteiger charge is 2.29. The Morgan fingerprint density at radius 2 is 2.38 bits per heavy atom. The average Bonchev–Trinajstić information content (AvgIpc) is 3.05. The molecule has 21 heavy (non-hydrogen) atoms. The molecule has 1 saturated heterocycles. The van der Waals surface area contributed by atoms with Gasteiger partial charge in [0.25, 0.3) is 5.91 Å². The summed E-state index contributed by atoms with van der Waals surface area (Å²) in [5.74, 6) is -0.105. The van der Waals surface area contributed by atoms with Crippen molar-refractivity contribution in [3.63, 3.8) is 0 Å². The third-order valence-corrected chi connectivity index (χ3v) is 5.53. The monoisotopic (exact) mass is 322 g/mol. The number of amides is 1. The van der Waals surface area contributed by atoms with Gasteiger partial charge in [0, 0.05) is 20.6 Å². The van der Waals surface area contributed by atoms with E-state index in [9.17, 15) is 4.79 Å². The van der Waals surface area contributed by atoms with Gasteiger partial charge in [0.1, 0.15) is 10.9 Å². The van der Waals surface area contributed by atoms with Gasteiger partial charge >= 0.3 is 0 Å². The van der Waals surface area contributed by atoms with E-state index in [1.165, 1.54) is 11.3 Å². The molecule has 0 aliphatic carbocycles. The van der Waals surface area contributed by atoms with Gasteiger partial charge in [-0.15, -0.1) is 11.3 Å². The second-order valence-electron chi connectivity index (χ2n) is 4.89. The maximum absolute atomic E-state index is 12.6. The van der Waals surface area contributed by atoms with Crippen LogP contribution in [0.15, 0.2) is 6.07 Å². The first-order valence-electron chi connectivity index (χ1n) is 6.46. The van der Waals surface area contributed by atoms with Crippen molar-refractivity contribution >= 4 is 43.2 Å². The number of carbonyl (C=O) groups is 1.